The number of carbonyl (C=O) groups is 1. The molecule has 6 nitrogen and oxygen atoms in total. The number of nitrogens with zero attached hydrogens (tertiary/aromatic N) is 2. The van der Waals surface area contributed by atoms with Gasteiger partial charge in [0.05, 0.1) is 0 Å². The molecule has 0 aromatic heterocycles. The molecule has 0 amide bonds. The van der Waals surface area contributed by atoms with Gasteiger partial charge < -0.3 is 5.11 Å². The highest BCUT2D eigenvalue weighted by Crippen LogP contribution is 2.23. The van der Waals surface area contributed by atoms with Gasteiger partial charge in [-0.05, 0) is 39.3 Å². The van der Waals surface area contributed by atoms with E-state index in [0.717, 1.165) is 32.4 Å². The van der Waals surface area contributed by atoms with Crippen molar-refractivity contribution in [1.29, 1.82) is 0 Å². The smallest absolute Gasteiger partial charge is 0.323 e. The van der Waals surface area contributed by atoms with E-state index in [2.05, 4.69) is 4.90 Å². The number of fused-ring (bicyclic) bond motifs is 1. The lowest BCUT2D eigenvalue weighted by atomic mass is 10.2. The molecule has 7 heteroatoms. The molecule has 1 N–H and O–H groups in total. The van der Waals surface area contributed by atoms with Crippen molar-refractivity contribution >= 4 is 16.0 Å². The second kappa shape index (κ2) is 5.14. The molecule has 2 heterocycles. The van der Waals surface area contributed by atoms with Gasteiger partial charge in [0.25, 0.3) is 0 Å². The molecule has 104 valence electrons. The summed E-state index contributed by atoms with van der Waals surface area (Å²) in [5.74, 6) is -1.28. The Bertz CT molecular complexity index is 423. The normalized spacial score (nSPS) is 28.6. The van der Waals surface area contributed by atoms with Gasteiger partial charge in [0.1, 0.15) is 0 Å². The molecule has 0 radical (unpaired) electrons. The lowest BCUT2D eigenvalue weighted by Crippen LogP contribution is -2.45. The summed E-state index contributed by atoms with van der Waals surface area (Å²) in [6, 6.07) is 0.267. The lowest BCUT2D eigenvalue weighted by Gasteiger charge is -2.26. The molecule has 2 aliphatic heterocycles. The average Bonchev–Trinajstić information content (AvgIpc) is 2.65. The standard InChI is InChI=1S/C11H20N2O4S/c1-9(11(14)15)18(16,17)13-7-3-6-12-5-2-4-10(12)8-13/h9-10H,2-8H2,1H3,(H,14,15). The van der Waals surface area contributed by atoms with Gasteiger partial charge >= 0.3 is 5.97 Å². The molecule has 2 saturated heterocycles. The maximum Gasteiger partial charge on any atom is 0.323 e. The second-order valence-corrected chi connectivity index (χ2v) is 7.32. The Hall–Kier alpha value is -0.660. The number of hydrogen-bond acceptors (Lipinski definition) is 4. The van der Waals surface area contributed by atoms with Gasteiger partial charge in [-0.25, -0.2) is 8.42 Å². The molecule has 2 atom stereocenters. The van der Waals surface area contributed by atoms with E-state index in [4.69, 9.17) is 5.11 Å². The fraction of sp³-hybridized carbons (Fsp3) is 0.909. The fourth-order valence-corrected chi connectivity index (χ4v) is 4.22. The Morgan fingerprint density at radius 1 is 1.28 bits per heavy atom. The molecular formula is C11H20N2O4S. The van der Waals surface area contributed by atoms with E-state index in [1.807, 2.05) is 0 Å². The first-order chi connectivity index (χ1) is 8.43. The molecule has 2 unspecified atom stereocenters. The molecule has 18 heavy (non-hydrogen) atoms. The average molecular weight is 276 g/mol. The van der Waals surface area contributed by atoms with E-state index in [9.17, 15) is 13.2 Å². The van der Waals surface area contributed by atoms with E-state index < -0.39 is 21.2 Å². The summed E-state index contributed by atoms with van der Waals surface area (Å²) in [7, 11) is -3.72. The zero-order valence-corrected chi connectivity index (χ0v) is 11.4. The van der Waals surface area contributed by atoms with Crippen LogP contribution in [0.1, 0.15) is 26.2 Å². The Kier molecular flexibility index (Phi) is 3.93. The van der Waals surface area contributed by atoms with Crippen molar-refractivity contribution in [3.8, 4) is 0 Å². The lowest BCUT2D eigenvalue weighted by molar-refractivity contribution is -0.136. The Labute approximate surface area is 108 Å². The third kappa shape index (κ3) is 2.53. The van der Waals surface area contributed by atoms with Gasteiger partial charge in [0.15, 0.2) is 5.25 Å². The van der Waals surface area contributed by atoms with Crippen LogP contribution in [-0.2, 0) is 14.8 Å². The van der Waals surface area contributed by atoms with Crippen LogP contribution >= 0.6 is 0 Å². The van der Waals surface area contributed by atoms with Gasteiger partial charge in [-0.2, -0.15) is 4.31 Å². The van der Waals surface area contributed by atoms with Gasteiger partial charge in [-0.1, -0.05) is 0 Å². The zero-order valence-electron chi connectivity index (χ0n) is 10.6. The van der Waals surface area contributed by atoms with Gasteiger partial charge in [-0.3, -0.25) is 9.69 Å². The van der Waals surface area contributed by atoms with Crippen molar-refractivity contribution in [2.45, 2.75) is 37.5 Å². The van der Waals surface area contributed by atoms with Crippen LogP contribution in [0.2, 0.25) is 0 Å². The second-order valence-electron chi connectivity index (χ2n) is 5.07. The monoisotopic (exact) mass is 276 g/mol. The zero-order chi connectivity index (χ0) is 13.3. The van der Waals surface area contributed by atoms with Crippen LogP contribution < -0.4 is 0 Å². The molecular weight excluding hydrogens is 256 g/mol. The summed E-state index contributed by atoms with van der Waals surface area (Å²) in [5.41, 5.74) is 0. The van der Waals surface area contributed by atoms with Crippen LogP contribution in [0.3, 0.4) is 0 Å². The number of hydrogen-bond donors (Lipinski definition) is 1. The van der Waals surface area contributed by atoms with Gasteiger partial charge in [0, 0.05) is 19.1 Å². The van der Waals surface area contributed by atoms with Crippen molar-refractivity contribution < 1.29 is 18.3 Å². The quantitative estimate of drug-likeness (QED) is 0.782. The van der Waals surface area contributed by atoms with E-state index >= 15 is 0 Å². The first-order valence-corrected chi connectivity index (χ1v) is 7.89. The summed E-state index contributed by atoms with van der Waals surface area (Å²) < 4.78 is 25.8. The van der Waals surface area contributed by atoms with Gasteiger partial charge in [0.2, 0.25) is 10.0 Å². The minimum Gasteiger partial charge on any atom is -0.480 e. The molecule has 0 aromatic rings. The highest BCUT2D eigenvalue weighted by atomic mass is 32.2. The van der Waals surface area contributed by atoms with Crippen molar-refractivity contribution in [2.75, 3.05) is 26.2 Å². The number of aliphatic carboxylic acids is 1. The van der Waals surface area contributed by atoms with E-state index in [0.29, 0.717) is 13.1 Å². The summed E-state index contributed by atoms with van der Waals surface area (Å²) in [6.45, 7) is 4.08. The van der Waals surface area contributed by atoms with Crippen LogP contribution in [0, 0.1) is 0 Å². The highest BCUT2D eigenvalue weighted by Gasteiger charge is 2.38. The van der Waals surface area contributed by atoms with Crippen LogP contribution in [0.5, 0.6) is 0 Å². The highest BCUT2D eigenvalue weighted by molar-refractivity contribution is 7.90. The van der Waals surface area contributed by atoms with Crippen LogP contribution in [0.15, 0.2) is 0 Å². The molecule has 0 spiro atoms. The van der Waals surface area contributed by atoms with Gasteiger partial charge in [-0.15, -0.1) is 0 Å². The maximum absolute atomic E-state index is 12.2. The number of rotatable bonds is 3. The van der Waals surface area contributed by atoms with Crippen molar-refractivity contribution in [2.24, 2.45) is 0 Å². The Balaban J connectivity index is 2.15. The summed E-state index contributed by atoms with van der Waals surface area (Å²) in [6.07, 6.45) is 2.89. The third-order valence-corrected chi connectivity index (χ3v) is 6.07. The van der Waals surface area contributed by atoms with Crippen molar-refractivity contribution in [1.82, 2.24) is 9.21 Å². The number of sulfonamides is 1. The molecule has 2 fully saturated rings. The number of carboxylic acid groups (broad SMARTS) is 1. The molecule has 2 aliphatic rings. The minimum absolute atomic E-state index is 0.267. The topological polar surface area (TPSA) is 77.9 Å². The number of carboxylic acids is 1. The van der Waals surface area contributed by atoms with Crippen LogP contribution in [-0.4, -0.2) is 66.2 Å². The third-order valence-electron chi connectivity index (χ3n) is 3.92. The Morgan fingerprint density at radius 2 is 1.94 bits per heavy atom. The van der Waals surface area contributed by atoms with Crippen LogP contribution in [0.4, 0.5) is 0 Å². The first kappa shape index (κ1) is 13.8. The predicted octanol–water partition coefficient (Wildman–Crippen LogP) is -0.0406. The first-order valence-electron chi connectivity index (χ1n) is 6.38. The van der Waals surface area contributed by atoms with Crippen molar-refractivity contribution in [3.05, 3.63) is 0 Å². The fourth-order valence-electron chi connectivity index (χ4n) is 2.75. The largest absolute Gasteiger partial charge is 0.480 e. The summed E-state index contributed by atoms with van der Waals surface area (Å²) in [5, 5.41) is 7.53. The SMILES string of the molecule is CC(C(=O)O)S(=O)(=O)N1CCCN2CCCC2C1. The van der Waals surface area contributed by atoms with Crippen molar-refractivity contribution in [3.63, 3.8) is 0 Å². The van der Waals surface area contributed by atoms with E-state index in [-0.39, 0.29) is 6.04 Å². The molecule has 0 aliphatic carbocycles. The molecule has 0 bridgehead atoms. The van der Waals surface area contributed by atoms with E-state index in [1.165, 1.54) is 11.2 Å². The summed E-state index contributed by atoms with van der Waals surface area (Å²) >= 11 is 0. The molecule has 0 saturated carbocycles. The molecule has 0 aromatic carbocycles. The Morgan fingerprint density at radius 3 is 2.61 bits per heavy atom. The summed E-state index contributed by atoms with van der Waals surface area (Å²) in [4.78, 5) is 13.2. The van der Waals surface area contributed by atoms with E-state index in [1.54, 1.807) is 0 Å². The predicted molar refractivity (Wildman–Crippen MR) is 66.8 cm³/mol. The van der Waals surface area contributed by atoms with Crippen LogP contribution in [0.25, 0.3) is 0 Å². The molecule has 2 rings (SSSR count). The minimum atomic E-state index is -3.72. The maximum atomic E-state index is 12.2.